The van der Waals surface area contributed by atoms with E-state index in [0.29, 0.717) is 11.7 Å². The second-order valence-corrected chi connectivity index (χ2v) is 11.7. The van der Waals surface area contributed by atoms with E-state index in [1.807, 2.05) is 20.8 Å². The Kier molecular flexibility index (Phi) is 6.59. The van der Waals surface area contributed by atoms with Gasteiger partial charge in [-0.2, -0.15) is 0 Å². The van der Waals surface area contributed by atoms with Gasteiger partial charge < -0.3 is 9.64 Å². The van der Waals surface area contributed by atoms with Crippen LogP contribution in [0.2, 0.25) is 0 Å². The quantitative estimate of drug-likeness (QED) is 0.247. The number of carbonyl (C=O) groups is 1. The van der Waals surface area contributed by atoms with Crippen molar-refractivity contribution < 1.29 is 9.53 Å². The van der Waals surface area contributed by atoms with Crippen molar-refractivity contribution in [2.45, 2.75) is 66.8 Å². The summed E-state index contributed by atoms with van der Waals surface area (Å²) in [7, 11) is 0. The van der Waals surface area contributed by atoms with Crippen molar-refractivity contribution in [3.63, 3.8) is 0 Å². The van der Waals surface area contributed by atoms with Gasteiger partial charge in [-0.15, -0.1) is 0 Å². The number of hydrogen-bond acceptors (Lipinski definition) is 3. The zero-order valence-electron chi connectivity index (χ0n) is 23.9. The monoisotopic (exact) mass is 505 g/mol. The second-order valence-electron chi connectivity index (χ2n) is 11.7. The average molecular weight is 506 g/mol. The molecular formula is C35H39NO2. The van der Waals surface area contributed by atoms with Gasteiger partial charge in [0.05, 0.1) is 11.2 Å². The zero-order chi connectivity index (χ0) is 27.4. The minimum atomic E-state index is -0.385. The van der Waals surface area contributed by atoms with E-state index in [0.717, 1.165) is 11.5 Å². The van der Waals surface area contributed by atoms with Gasteiger partial charge in [-0.25, -0.2) is 0 Å². The highest BCUT2D eigenvalue weighted by molar-refractivity contribution is 5.95. The molecule has 3 aromatic rings. The minimum absolute atomic E-state index is 0.0679. The van der Waals surface area contributed by atoms with Crippen LogP contribution < -0.4 is 0 Å². The van der Waals surface area contributed by atoms with Crippen LogP contribution in [-0.4, -0.2) is 10.7 Å². The van der Waals surface area contributed by atoms with Crippen LogP contribution in [0.15, 0.2) is 78.4 Å². The molecule has 0 aromatic heterocycles. The van der Waals surface area contributed by atoms with Gasteiger partial charge in [0.25, 0.3) is 0 Å². The molecule has 0 aliphatic carbocycles. The van der Waals surface area contributed by atoms with Crippen LogP contribution in [0.25, 0.3) is 22.5 Å². The van der Waals surface area contributed by atoms with Gasteiger partial charge >= 0.3 is 0 Å². The molecule has 196 valence electrons. The maximum absolute atomic E-state index is 12.6. The molecule has 0 fully saturated rings. The van der Waals surface area contributed by atoms with Gasteiger partial charge in [-0.3, -0.25) is 4.79 Å². The van der Waals surface area contributed by atoms with Gasteiger partial charge in [0.2, 0.25) is 0 Å². The van der Waals surface area contributed by atoms with Gasteiger partial charge in [0.15, 0.2) is 5.78 Å². The third kappa shape index (κ3) is 4.09. The van der Waals surface area contributed by atoms with Crippen LogP contribution in [0, 0.1) is 11.8 Å². The van der Waals surface area contributed by atoms with Crippen molar-refractivity contribution in [3.05, 3.63) is 106 Å². The molecule has 2 aliphatic heterocycles. The summed E-state index contributed by atoms with van der Waals surface area (Å²) < 4.78 is 6.55. The van der Waals surface area contributed by atoms with E-state index in [2.05, 4.69) is 106 Å². The maximum Gasteiger partial charge on any atom is 0.161 e. The number of benzene rings is 3. The summed E-state index contributed by atoms with van der Waals surface area (Å²) in [5, 5.41) is 2.52. The van der Waals surface area contributed by atoms with Crippen LogP contribution in [0.4, 0.5) is 0 Å². The average Bonchev–Trinajstić information content (AvgIpc) is 3.16. The Morgan fingerprint density at radius 3 is 2.34 bits per heavy atom. The van der Waals surface area contributed by atoms with Crippen LogP contribution in [0.1, 0.15) is 89.1 Å². The molecule has 0 spiro atoms. The lowest BCUT2D eigenvalue weighted by Crippen LogP contribution is -2.38. The molecule has 2 heterocycles. The van der Waals surface area contributed by atoms with Crippen molar-refractivity contribution in [1.82, 2.24) is 4.90 Å². The Labute approximate surface area is 227 Å². The summed E-state index contributed by atoms with van der Waals surface area (Å²) in [6, 6.07) is 20.0. The van der Waals surface area contributed by atoms with Crippen molar-refractivity contribution in [1.29, 1.82) is 0 Å². The third-order valence-electron chi connectivity index (χ3n) is 8.13. The summed E-state index contributed by atoms with van der Waals surface area (Å²) in [6.45, 7) is 16.8. The van der Waals surface area contributed by atoms with E-state index in [-0.39, 0.29) is 23.2 Å². The Bertz CT molecular complexity index is 1520. The molecule has 3 aromatic carbocycles. The number of ketones is 1. The minimum Gasteiger partial charge on any atom is -0.464 e. The molecular weight excluding hydrogens is 466 g/mol. The van der Waals surface area contributed by atoms with E-state index in [1.165, 1.54) is 38.6 Å². The highest BCUT2D eigenvalue weighted by Crippen LogP contribution is 2.55. The van der Waals surface area contributed by atoms with E-state index < -0.39 is 0 Å². The predicted molar refractivity (Wildman–Crippen MR) is 158 cm³/mol. The van der Waals surface area contributed by atoms with E-state index in [1.54, 1.807) is 6.08 Å². The molecule has 0 saturated heterocycles. The van der Waals surface area contributed by atoms with E-state index >= 15 is 0 Å². The standard InChI is InChI=1S/C35H39NO2/c1-21(2)26-13-15-29-31(19-26)35(8)30-16-14-25-11-9-10-12-27(25)28(30)17-18-36(35)34(29)24(7)38-33(23(5)6)20-32(37)22(3)4/h9-23H,1-8H3/b33-20-,34-24-. The lowest BCUT2D eigenvalue weighted by molar-refractivity contribution is -0.117. The molecule has 5 rings (SSSR count). The molecule has 1 atom stereocenters. The van der Waals surface area contributed by atoms with E-state index in [4.69, 9.17) is 4.74 Å². The number of ether oxygens (including phenoxy) is 1. The summed E-state index contributed by atoms with van der Waals surface area (Å²) in [6.07, 6.45) is 6.14. The van der Waals surface area contributed by atoms with Gasteiger partial charge in [-0.1, -0.05) is 96.1 Å². The third-order valence-corrected chi connectivity index (χ3v) is 8.13. The van der Waals surface area contributed by atoms with Crippen molar-refractivity contribution in [2.24, 2.45) is 11.8 Å². The molecule has 1 unspecified atom stereocenters. The fourth-order valence-corrected chi connectivity index (χ4v) is 5.77. The van der Waals surface area contributed by atoms with Gasteiger partial charge in [0, 0.05) is 29.7 Å². The number of fused-ring (bicyclic) bond motifs is 7. The lowest BCUT2D eigenvalue weighted by atomic mass is 9.78. The largest absolute Gasteiger partial charge is 0.464 e. The Balaban J connectivity index is 1.73. The Hall–Kier alpha value is -3.59. The fraction of sp³-hybridized carbons (Fsp3) is 0.343. The fourth-order valence-electron chi connectivity index (χ4n) is 5.77. The van der Waals surface area contributed by atoms with Gasteiger partial charge in [-0.05, 0) is 58.9 Å². The first-order valence-electron chi connectivity index (χ1n) is 13.8. The van der Waals surface area contributed by atoms with Gasteiger partial charge in [0.1, 0.15) is 11.5 Å². The Morgan fingerprint density at radius 1 is 0.921 bits per heavy atom. The molecule has 2 aliphatic rings. The predicted octanol–water partition coefficient (Wildman–Crippen LogP) is 9.00. The van der Waals surface area contributed by atoms with Crippen LogP contribution in [0.5, 0.6) is 0 Å². The molecule has 3 heteroatoms. The first-order chi connectivity index (χ1) is 18.0. The number of allylic oxidation sites excluding steroid dienone is 3. The number of carbonyl (C=O) groups excluding carboxylic acids is 1. The summed E-state index contributed by atoms with van der Waals surface area (Å²) in [5.74, 6) is 2.04. The summed E-state index contributed by atoms with van der Waals surface area (Å²) in [4.78, 5) is 15.0. The highest BCUT2D eigenvalue weighted by atomic mass is 16.5. The first kappa shape index (κ1) is 26.0. The highest BCUT2D eigenvalue weighted by Gasteiger charge is 2.48. The number of hydrogen-bond donors (Lipinski definition) is 0. The zero-order valence-corrected chi connectivity index (χ0v) is 23.9. The van der Waals surface area contributed by atoms with Crippen LogP contribution in [-0.2, 0) is 15.1 Å². The molecule has 0 saturated carbocycles. The first-order valence-corrected chi connectivity index (χ1v) is 13.8. The molecule has 38 heavy (non-hydrogen) atoms. The maximum atomic E-state index is 12.6. The number of rotatable bonds is 6. The smallest absolute Gasteiger partial charge is 0.161 e. The number of nitrogens with zero attached hydrogens (tertiary/aromatic N) is 1. The SMILES string of the molecule is C/C(O/C(=C\C(=O)C(C)C)C(C)C)=C1\c2ccc(C(C)C)cc2C2(C)c3ccc4ccccc4c3C=CN12. The lowest BCUT2D eigenvalue weighted by Gasteiger charge is -2.40. The summed E-state index contributed by atoms with van der Waals surface area (Å²) >= 11 is 0. The topological polar surface area (TPSA) is 29.5 Å². The van der Waals surface area contributed by atoms with Crippen LogP contribution in [0.3, 0.4) is 0 Å². The Morgan fingerprint density at radius 2 is 1.66 bits per heavy atom. The normalized spacial score (nSPS) is 19.8. The molecule has 0 amide bonds. The summed E-state index contributed by atoms with van der Waals surface area (Å²) in [5.41, 5.74) is 7.02. The molecule has 3 nitrogen and oxygen atoms in total. The molecule has 0 bridgehead atoms. The van der Waals surface area contributed by atoms with Crippen LogP contribution >= 0.6 is 0 Å². The van der Waals surface area contributed by atoms with Crippen molar-refractivity contribution in [3.8, 4) is 0 Å². The van der Waals surface area contributed by atoms with Crippen molar-refractivity contribution in [2.75, 3.05) is 0 Å². The van der Waals surface area contributed by atoms with E-state index in [9.17, 15) is 4.79 Å². The van der Waals surface area contributed by atoms with Crippen molar-refractivity contribution >= 4 is 28.3 Å². The molecule has 0 radical (unpaired) electrons. The second kappa shape index (κ2) is 9.62. The molecule has 0 N–H and O–H groups in total.